The number of para-hydroxylation sites is 1. The third-order valence-corrected chi connectivity index (χ3v) is 2.86. The molecule has 1 saturated heterocycles. The van der Waals surface area contributed by atoms with Crippen molar-refractivity contribution in [3.8, 4) is 5.75 Å². The third-order valence-electron chi connectivity index (χ3n) is 2.86. The van der Waals surface area contributed by atoms with Crippen molar-refractivity contribution in [2.75, 3.05) is 26.3 Å². The van der Waals surface area contributed by atoms with Gasteiger partial charge >= 0.3 is 6.61 Å². The second-order valence-electron chi connectivity index (χ2n) is 4.31. The topological polar surface area (TPSA) is 59.6 Å². The van der Waals surface area contributed by atoms with E-state index in [1.54, 1.807) is 6.07 Å². The molecule has 0 spiro atoms. The van der Waals surface area contributed by atoms with Crippen LogP contribution < -0.4 is 15.4 Å². The molecule has 5 nitrogen and oxygen atoms in total. The van der Waals surface area contributed by atoms with Gasteiger partial charge in [0.1, 0.15) is 5.75 Å². The maximum atomic E-state index is 12.3. The first kappa shape index (κ1) is 14.7. The lowest BCUT2D eigenvalue weighted by Crippen LogP contribution is -2.48. The molecule has 2 N–H and O–H groups in total. The molecule has 7 heteroatoms. The number of nitrogens with one attached hydrogen (secondary N) is 2. The average molecular weight is 286 g/mol. The van der Waals surface area contributed by atoms with E-state index < -0.39 is 12.5 Å². The van der Waals surface area contributed by atoms with Gasteiger partial charge in [-0.2, -0.15) is 8.78 Å². The zero-order chi connectivity index (χ0) is 14.4. The average Bonchev–Trinajstić information content (AvgIpc) is 2.46. The minimum absolute atomic E-state index is 0.0240. The van der Waals surface area contributed by atoms with Crippen molar-refractivity contribution >= 4 is 5.91 Å². The summed E-state index contributed by atoms with van der Waals surface area (Å²) in [7, 11) is 0. The quantitative estimate of drug-likeness (QED) is 0.848. The monoisotopic (exact) mass is 286 g/mol. The standard InChI is InChI=1S/C13H16F2N2O3/c14-13(15)20-11-4-2-1-3-10(11)12(18)17-7-9-8-19-6-5-16-9/h1-4,9,13,16H,5-8H2,(H,17,18). The molecule has 0 radical (unpaired) electrons. The summed E-state index contributed by atoms with van der Waals surface area (Å²) in [5.41, 5.74) is 0.0875. The van der Waals surface area contributed by atoms with Crippen LogP contribution in [0.4, 0.5) is 8.78 Å². The van der Waals surface area contributed by atoms with Gasteiger partial charge in [0.15, 0.2) is 0 Å². The first-order chi connectivity index (χ1) is 9.66. The molecule has 20 heavy (non-hydrogen) atoms. The van der Waals surface area contributed by atoms with Gasteiger partial charge in [-0.15, -0.1) is 0 Å². The molecule has 0 aliphatic carbocycles. The number of rotatable bonds is 5. The molecule has 1 amide bonds. The summed E-state index contributed by atoms with van der Waals surface area (Å²) < 4.78 is 34.1. The van der Waals surface area contributed by atoms with Gasteiger partial charge in [0, 0.05) is 19.1 Å². The number of halogens is 2. The van der Waals surface area contributed by atoms with E-state index in [0.29, 0.717) is 19.8 Å². The molecule has 0 aromatic heterocycles. The number of amides is 1. The lowest BCUT2D eigenvalue weighted by Gasteiger charge is -2.24. The number of alkyl halides is 2. The smallest absolute Gasteiger partial charge is 0.387 e. The zero-order valence-electron chi connectivity index (χ0n) is 10.8. The molecular formula is C13H16F2N2O3. The van der Waals surface area contributed by atoms with Crippen molar-refractivity contribution in [1.82, 2.24) is 10.6 Å². The highest BCUT2D eigenvalue weighted by Gasteiger charge is 2.18. The Bertz CT molecular complexity index is 451. The van der Waals surface area contributed by atoms with Crippen molar-refractivity contribution in [2.45, 2.75) is 12.7 Å². The number of hydrogen-bond acceptors (Lipinski definition) is 4. The lowest BCUT2D eigenvalue weighted by atomic mass is 10.2. The summed E-state index contributed by atoms with van der Waals surface area (Å²) in [4.78, 5) is 12.0. The van der Waals surface area contributed by atoms with Crippen molar-refractivity contribution in [3.63, 3.8) is 0 Å². The summed E-state index contributed by atoms with van der Waals surface area (Å²) in [6, 6.07) is 5.93. The Labute approximate surface area is 115 Å². The van der Waals surface area contributed by atoms with E-state index in [0.717, 1.165) is 6.54 Å². The van der Waals surface area contributed by atoms with Gasteiger partial charge in [-0.3, -0.25) is 4.79 Å². The van der Waals surface area contributed by atoms with E-state index in [9.17, 15) is 13.6 Å². The predicted molar refractivity (Wildman–Crippen MR) is 68.0 cm³/mol. The number of morpholine rings is 1. The van der Waals surface area contributed by atoms with E-state index in [2.05, 4.69) is 15.4 Å². The highest BCUT2D eigenvalue weighted by molar-refractivity contribution is 5.96. The van der Waals surface area contributed by atoms with E-state index in [4.69, 9.17) is 4.74 Å². The van der Waals surface area contributed by atoms with Crippen LogP contribution in [0.15, 0.2) is 24.3 Å². The Hall–Kier alpha value is -1.73. The van der Waals surface area contributed by atoms with Crippen LogP contribution in [0.1, 0.15) is 10.4 Å². The first-order valence-corrected chi connectivity index (χ1v) is 6.30. The van der Waals surface area contributed by atoms with Crippen molar-refractivity contribution in [3.05, 3.63) is 29.8 Å². The third kappa shape index (κ3) is 4.14. The SMILES string of the molecule is O=C(NCC1COCCN1)c1ccccc1OC(F)F. The maximum absolute atomic E-state index is 12.3. The van der Waals surface area contributed by atoms with Crippen LogP contribution in [0.2, 0.25) is 0 Å². The van der Waals surface area contributed by atoms with E-state index in [1.165, 1.54) is 18.2 Å². The fraction of sp³-hybridized carbons (Fsp3) is 0.462. The molecule has 1 aromatic rings. The normalized spacial score (nSPS) is 18.9. The lowest BCUT2D eigenvalue weighted by molar-refractivity contribution is -0.0501. The molecule has 1 fully saturated rings. The molecule has 1 aromatic carbocycles. The maximum Gasteiger partial charge on any atom is 0.387 e. The van der Waals surface area contributed by atoms with E-state index >= 15 is 0 Å². The Morgan fingerprint density at radius 3 is 3.00 bits per heavy atom. The Balaban J connectivity index is 1.94. The summed E-state index contributed by atoms with van der Waals surface area (Å²) >= 11 is 0. The molecule has 1 aliphatic rings. The van der Waals surface area contributed by atoms with Crippen LogP contribution in [-0.4, -0.2) is 44.9 Å². The van der Waals surface area contributed by atoms with Crippen LogP contribution in [0, 0.1) is 0 Å². The van der Waals surface area contributed by atoms with Crippen LogP contribution in [0.5, 0.6) is 5.75 Å². The van der Waals surface area contributed by atoms with Gasteiger partial charge in [0.2, 0.25) is 0 Å². The van der Waals surface area contributed by atoms with E-state index in [-0.39, 0.29) is 17.4 Å². The molecule has 2 rings (SSSR count). The van der Waals surface area contributed by atoms with Gasteiger partial charge in [-0.25, -0.2) is 0 Å². The van der Waals surface area contributed by atoms with Crippen molar-refractivity contribution < 1.29 is 23.0 Å². The molecular weight excluding hydrogens is 270 g/mol. The van der Waals surface area contributed by atoms with E-state index in [1.807, 2.05) is 0 Å². The van der Waals surface area contributed by atoms with Gasteiger partial charge in [0.25, 0.3) is 5.91 Å². The predicted octanol–water partition coefficient (Wildman–Crippen LogP) is 1.01. The summed E-state index contributed by atoms with van der Waals surface area (Å²) in [5, 5.41) is 5.86. The summed E-state index contributed by atoms with van der Waals surface area (Å²) in [5.74, 6) is -0.582. The number of carbonyl (C=O) groups is 1. The van der Waals surface area contributed by atoms with Crippen LogP contribution in [-0.2, 0) is 4.74 Å². The molecule has 0 saturated carbocycles. The zero-order valence-corrected chi connectivity index (χ0v) is 10.8. The molecule has 1 unspecified atom stereocenters. The number of ether oxygens (including phenoxy) is 2. The summed E-state index contributed by atoms with van der Waals surface area (Å²) in [6.45, 7) is -0.712. The summed E-state index contributed by atoms with van der Waals surface area (Å²) in [6.07, 6.45) is 0. The van der Waals surface area contributed by atoms with Crippen LogP contribution in [0.3, 0.4) is 0 Å². The van der Waals surface area contributed by atoms with Gasteiger partial charge in [0.05, 0.1) is 18.8 Å². The number of benzene rings is 1. The minimum atomic E-state index is -2.96. The highest BCUT2D eigenvalue weighted by Crippen LogP contribution is 2.19. The van der Waals surface area contributed by atoms with Crippen LogP contribution in [0.25, 0.3) is 0 Å². The fourth-order valence-corrected chi connectivity index (χ4v) is 1.91. The number of hydrogen-bond donors (Lipinski definition) is 2. The molecule has 1 atom stereocenters. The van der Waals surface area contributed by atoms with Crippen LogP contribution >= 0.6 is 0 Å². The molecule has 1 heterocycles. The highest BCUT2D eigenvalue weighted by atomic mass is 19.3. The Morgan fingerprint density at radius 2 is 2.30 bits per heavy atom. The second kappa shape index (κ2) is 7.16. The fourth-order valence-electron chi connectivity index (χ4n) is 1.91. The molecule has 0 bridgehead atoms. The van der Waals surface area contributed by atoms with Gasteiger partial charge < -0.3 is 20.1 Å². The largest absolute Gasteiger partial charge is 0.434 e. The Morgan fingerprint density at radius 1 is 1.50 bits per heavy atom. The molecule has 1 aliphatic heterocycles. The molecule has 110 valence electrons. The van der Waals surface area contributed by atoms with Gasteiger partial charge in [-0.05, 0) is 12.1 Å². The minimum Gasteiger partial charge on any atom is -0.434 e. The second-order valence-corrected chi connectivity index (χ2v) is 4.31. The number of carbonyl (C=O) groups excluding carboxylic acids is 1. The Kier molecular flexibility index (Phi) is 5.25. The first-order valence-electron chi connectivity index (χ1n) is 6.30. The van der Waals surface area contributed by atoms with Crippen molar-refractivity contribution in [1.29, 1.82) is 0 Å². The van der Waals surface area contributed by atoms with Crippen molar-refractivity contribution in [2.24, 2.45) is 0 Å². The van der Waals surface area contributed by atoms with Gasteiger partial charge in [-0.1, -0.05) is 12.1 Å².